The number of nitrogens with one attached hydrogen (secondary N) is 1. The predicted octanol–water partition coefficient (Wildman–Crippen LogP) is 1.95. The molecule has 0 heterocycles. The molecular formula is C11H14F2N2O. The fourth-order valence-corrected chi connectivity index (χ4v) is 1.17. The summed E-state index contributed by atoms with van der Waals surface area (Å²) in [6.45, 7) is 3.21. The first-order valence-electron chi connectivity index (χ1n) is 4.98. The number of aryl methyl sites for hydroxylation is 1. The minimum atomic E-state index is -0.806. The Morgan fingerprint density at radius 1 is 1.50 bits per heavy atom. The van der Waals surface area contributed by atoms with Crippen LogP contribution in [0, 0.1) is 18.6 Å². The van der Waals surface area contributed by atoms with E-state index in [0.717, 1.165) is 6.07 Å². The number of halogens is 2. The number of rotatable bonds is 3. The van der Waals surface area contributed by atoms with Crippen LogP contribution in [-0.2, 0) is 4.79 Å². The Hall–Kier alpha value is -1.49. The highest BCUT2D eigenvalue weighted by molar-refractivity contribution is 5.94. The summed E-state index contributed by atoms with van der Waals surface area (Å²) in [6.07, 6.45) is 0.404. The lowest BCUT2D eigenvalue weighted by Gasteiger charge is -2.12. The summed E-state index contributed by atoms with van der Waals surface area (Å²) in [7, 11) is 0. The topological polar surface area (TPSA) is 55.1 Å². The van der Waals surface area contributed by atoms with Gasteiger partial charge in [-0.05, 0) is 25.0 Å². The van der Waals surface area contributed by atoms with Gasteiger partial charge < -0.3 is 11.1 Å². The van der Waals surface area contributed by atoms with Gasteiger partial charge in [0.2, 0.25) is 5.91 Å². The fraction of sp³-hybridized carbons (Fsp3) is 0.364. The summed E-state index contributed by atoms with van der Waals surface area (Å²) in [5.41, 5.74) is 5.27. The average Bonchev–Trinajstić information content (AvgIpc) is 2.28. The van der Waals surface area contributed by atoms with Crippen LogP contribution < -0.4 is 11.1 Å². The lowest BCUT2D eigenvalue weighted by Crippen LogP contribution is -2.35. The van der Waals surface area contributed by atoms with E-state index in [2.05, 4.69) is 5.32 Å². The molecular weight excluding hydrogens is 214 g/mol. The third-order valence-corrected chi connectivity index (χ3v) is 2.31. The molecule has 0 aliphatic heterocycles. The van der Waals surface area contributed by atoms with Crippen molar-refractivity contribution in [2.24, 2.45) is 5.73 Å². The molecule has 0 aromatic heterocycles. The van der Waals surface area contributed by atoms with Gasteiger partial charge in [0.15, 0.2) is 5.82 Å². The number of carbonyl (C=O) groups excluding carboxylic acids is 1. The first-order valence-corrected chi connectivity index (χ1v) is 4.98. The number of nitrogens with two attached hydrogens (primary N) is 1. The molecule has 1 amide bonds. The largest absolute Gasteiger partial charge is 0.320 e. The number of hydrogen-bond donors (Lipinski definition) is 2. The second-order valence-electron chi connectivity index (χ2n) is 3.56. The van der Waals surface area contributed by atoms with Gasteiger partial charge in [-0.1, -0.05) is 13.0 Å². The van der Waals surface area contributed by atoms with E-state index in [4.69, 9.17) is 5.73 Å². The number of carbonyl (C=O) groups is 1. The molecule has 1 aromatic rings. The zero-order valence-electron chi connectivity index (χ0n) is 9.18. The molecule has 1 rings (SSSR count). The van der Waals surface area contributed by atoms with E-state index in [1.807, 2.05) is 0 Å². The Kier molecular flexibility index (Phi) is 3.95. The monoisotopic (exact) mass is 228 g/mol. The van der Waals surface area contributed by atoms with Crippen LogP contribution in [0.15, 0.2) is 12.1 Å². The van der Waals surface area contributed by atoms with Gasteiger partial charge in [-0.25, -0.2) is 8.78 Å². The molecule has 0 aliphatic carbocycles. The van der Waals surface area contributed by atoms with Crippen molar-refractivity contribution >= 4 is 11.6 Å². The Morgan fingerprint density at radius 3 is 2.69 bits per heavy atom. The van der Waals surface area contributed by atoms with Gasteiger partial charge in [0.25, 0.3) is 0 Å². The smallest absolute Gasteiger partial charge is 0.241 e. The van der Waals surface area contributed by atoms with Crippen LogP contribution in [0.1, 0.15) is 18.9 Å². The maximum absolute atomic E-state index is 13.5. The van der Waals surface area contributed by atoms with Crippen LogP contribution in [0.3, 0.4) is 0 Å². The molecule has 5 heteroatoms. The Balaban J connectivity index is 2.97. The quantitative estimate of drug-likeness (QED) is 0.830. The van der Waals surface area contributed by atoms with Crippen LogP contribution in [0.5, 0.6) is 0 Å². The molecule has 3 N–H and O–H groups in total. The molecule has 0 unspecified atom stereocenters. The molecule has 0 spiro atoms. The van der Waals surface area contributed by atoms with Crippen molar-refractivity contribution in [2.45, 2.75) is 26.3 Å². The molecule has 1 atom stereocenters. The highest BCUT2D eigenvalue weighted by Gasteiger charge is 2.17. The first kappa shape index (κ1) is 12.6. The van der Waals surface area contributed by atoms with Gasteiger partial charge in [-0.3, -0.25) is 4.79 Å². The third kappa shape index (κ3) is 2.55. The van der Waals surface area contributed by atoms with Crippen molar-refractivity contribution in [3.8, 4) is 0 Å². The predicted molar refractivity (Wildman–Crippen MR) is 58.0 cm³/mol. The van der Waals surface area contributed by atoms with Crippen LogP contribution >= 0.6 is 0 Å². The molecule has 0 fully saturated rings. The Bertz CT molecular complexity index is 407. The van der Waals surface area contributed by atoms with E-state index < -0.39 is 29.3 Å². The minimum absolute atomic E-state index is 0.266. The number of amides is 1. The summed E-state index contributed by atoms with van der Waals surface area (Å²) < 4.78 is 26.8. The number of hydrogen-bond acceptors (Lipinski definition) is 2. The van der Waals surface area contributed by atoms with E-state index >= 15 is 0 Å². The van der Waals surface area contributed by atoms with E-state index in [9.17, 15) is 13.6 Å². The van der Waals surface area contributed by atoms with Crippen molar-refractivity contribution < 1.29 is 13.6 Å². The van der Waals surface area contributed by atoms with Crippen molar-refractivity contribution in [1.29, 1.82) is 0 Å². The summed E-state index contributed by atoms with van der Waals surface area (Å²) in [5, 5.41) is 2.16. The summed E-state index contributed by atoms with van der Waals surface area (Å²) in [6, 6.07) is 1.64. The summed E-state index contributed by atoms with van der Waals surface area (Å²) in [5.74, 6) is -2.16. The van der Waals surface area contributed by atoms with Gasteiger partial charge in [-0.2, -0.15) is 0 Å². The lowest BCUT2D eigenvalue weighted by atomic mass is 10.1. The fourth-order valence-electron chi connectivity index (χ4n) is 1.17. The van der Waals surface area contributed by atoms with Crippen LogP contribution in [0.25, 0.3) is 0 Å². The van der Waals surface area contributed by atoms with Crippen molar-refractivity contribution in [3.63, 3.8) is 0 Å². The summed E-state index contributed by atoms with van der Waals surface area (Å²) in [4.78, 5) is 11.4. The molecule has 16 heavy (non-hydrogen) atoms. The number of anilines is 1. The molecule has 3 nitrogen and oxygen atoms in total. The van der Waals surface area contributed by atoms with Gasteiger partial charge in [0, 0.05) is 0 Å². The Morgan fingerprint density at radius 2 is 2.12 bits per heavy atom. The van der Waals surface area contributed by atoms with Gasteiger partial charge in [-0.15, -0.1) is 0 Å². The molecule has 0 bridgehead atoms. The third-order valence-electron chi connectivity index (χ3n) is 2.31. The van der Waals surface area contributed by atoms with E-state index in [1.165, 1.54) is 13.0 Å². The van der Waals surface area contributed by atoms with E-state index in [0.29, 0.717) is 6.42 Å². The van der Waals surface area contributed by atoms with E-state index in [-0.39, 0.29) is 5.56 Å². The maximum Gasteiger partial charge on any atom is 0.241 e. The SMILES string of the molecule is CC[C@H](N)C(=O)Nc1c(F)ccc(C)c1F. The Labute approximate surface area is 92.6 Å². The standard InChI is InChI=1S/C11H14F2N2O/c1-3-8(14)11(16)15-10-7(12)5-4-6(2)9(10)13/h4-5,8H,3,14H2,1-2H3,(H,15,16)/t8-/m0/s1. The highest BCUT2D eigenvalue weighted by Crippen LogP contribution is 2.21. The normalized spacial score (nSPS) is 12.3. The summed E-state index contributed by atoms with van der Waals surface area (Å²) >= 11 is 0. The molecule has 0 aliphatic rings. The second-order valence-corrected chi connectivity index (χ2v) is 3.56. The molecule has 0 saturated heterocycles. The van der Waals surface area contributed by atoms with Crippen LogP contribution in [0.4, 0.5) is 14.5 Å². The molecule has 88 valence electrons. The van der Waals surface area contributed by atoms with Gasteiger partial charge in [0.1, 0.15) is 11.5 Å². The van der Waals surface area contributed by atoms with Gasteiger partial charge in [0.05, 0.1) is 6.04 Å². The van der Waals surface area contributed by atoms with Crippen molar-refractivity contribution in [1.82, 2.24) is 0 Å². The van der Waals surface area contributed by atoms with Crippen LogP contribution in [-0.4, -0.2) is 11.9 Å². The maximum atomic E-state index is 13.5. The second kappa shape index (κ2) is 5.03. The van der Waals surface area contributed by atoms with Gasteiger partial charge >= 0.3 is 0 Å². The zero-order valence-corrected chi connectivity index (χ0v) is 9.18. The number of benzene rings is 1. The minimum Gasteiger partial charge on any atom is -0.320 e. The molecule has 0 radical (unpaired) electrons. The lowest BCUT2D eigenvalue weighted by molar-refractivity contribution is -0.117. The van der Waals surface area contributed by atoms with Crippen molar-refractivity contribution in [3.05, 3.63) is 29.3 Å². The molecule has 1 aromatic carbocycles. The van der Waals surface area contributed by atoms with Crippen molar-refractivity contribution in [2.75, 3.05) is 5.32 Å². The van der Waals surface area contributed by atoms with Crippen LogP contribution in [0.2, 0.25) is 0 Å². The van der Waals surface area contributed by atoms with E-state index in [1.54, 1.807) is 6.92 Å². The first-order chi connectivity index (χ1) is 7.47. The zero-order chi connectivity index (χ0) is 12.3. The highest BCUT2D eigenvalue weighted by atomic mass is 19.1. The average molecular weight is 228 g/mol. The molecule has 0 saturated carbocycles.